The van der Waals surface area contributed by atoms with Crippen LogP contribution in [-0.4, -0.2) is 29.1 Å². The van der Waals surface area contributed by atoms with Gasteiger partial charge < -0.3 is 15.8 Å². The van der Waals surface area contributed by atoms with Gasteiger partial charge in [-0.2, -0.15) is 0 Å². The van der Waals surface area contributed by atoms with Crippen molar-refractivity contribution in [2.45, 2.75) is 26.8 Å². The van der Waals surface area contributed by atoms with Crippen LogP contribution in [0, 0.1) is 6.92 Å². The van der Waals surface area contributed by atoms with Crippen molar-refractivity contribution in [2.75, 3.05) is 11.9 Å². The number of hydrogen-bond acceptors (Lipinski definition) is 4. The molecule has 1 rings (SSSR count). The Bertz CT molecular complexity index is 401. The lowest BCUT2D eigenvalue weighted by molar-refractivity contribution is 0.318. The first-order valence-corrected chi connectivity index (χ1v) is 5.15. The van der Waals surface area contributed by atoms with Gasteiger partial charge >= 0.3 is 0 Å². The number of amidine groups is 1. The zero-order valence-electron chi connectivity index (χ0n) is 10.1. The molecule has 0 aliphatic rings. The lowest BCUT2D eigenvalue weighted by Gasteiger charge is -2.25. The summed E-state index contributed by atoms with van der Waals surface area (Å²) in [4.78, 5) is 6.27. The van der Waals surface area contributed by atoms with E-state index in [0.29, 0.717) is 11.6 Å². The highest BCUT2D eigenvalue weighted by Crippen LogP contribution is 2.21. The topological polar surface area (TPSA) is 74.7 Å². The highest BCUT2D eigenvalue weighted by molar-refractivity contribution is 6.02. The summed E-state index contributed by atoms with van der Waals surface area (Å²) < 4.78 is 0. The summed E-state index contributed by atoms with van der Waals surface area (Å²) >= 11 is 0. The van der Waals surface area contributed by atoms with E-state index in [1.54, 1.807) is 6.20 Å². The van der Waals surface area contributed by atoms with Crippen LogP contribution in [0.15, 0.2) is 17.4 Å². The van der Waals surface area contributed by atoms with E-state index >= 15 is 0 Å². The summed E-state index contributed by atoms with van der Waals surface area (Å²) in [5.74, 6) is 0.818. The van der Waals surface area contributed by atoms with Crippen LogP contribution >= 0.6 is 0 Å². The molecule has 1 heterocycles. The van der Waals surface area contributed by atoms with Gasteiger partial charge in [0.25, 0.3) is 0 Å². The molecule has 88 valence electrons. The average molecular weight is 222 g/mol. The van der Waals surface area contributed by atoms with Gasteiger partial charge in [-0.05, 0) is 32.4 Å². The van der Waals surface area contributed by atoms with Crippen molar-refractivity contribution in [3.8, 4) is 0 Å². The van der Waals surface area contributed by atoms with Gasteiger partial charge in [-0.1, -0.05) is 5.16 Å². The number of aromatic nitrogens is 1. The fourth-order valence-corrected chi connectivity index (χ4v) is 1.42. The van der Waals surface area contributed by atoms with Gasteiger partial charge in [-0.15, -0.1) is 0 Å². The van der Waals surface area contributed by atoms with Crippen LogP contribution in [0.1, 0.15) is 25.0 Å². The molecule has 1 aromatic heterocycles. The van der Waals surface area contributed by atoms with E-state index in [1.165, 1.54) is 0 Å². The Morgan fingerprint density at radius 1 is 1.56 bits per heavy atom. The quantitative estimate of drug-likeness (QED) is 0.350. The molecule has 3 N–H and O–H groups in total. The maximum atomic E-state index is 8.77. The molecule has 1 aromatic rings. The molecule has 0 radical (unpaired) electrons. The second-order valence-corrected chi connectivity index (χ2v) is 4.02. The Labute approximate surface area is 95.6 Å². The lowest BCUT2D eigenvalue weighted by atomic mass is 10.1. The van der Waals surface area contributed by atoms with Crippen molar-refractivity contribution in [3.05, 3.63) is 23.4 Å². The van der Waals surface area contributed by atoms with Gasteiger partial charge in [0, 0.05) is 19.3 Å². The van der Waals surface area contributed by atoms with Crippen molar-refractivity contribution >= 4 is 11.7 Å². The van der Waals surface area contributed by atoms with Crippen LogP contribution in [-0.2, 0) is 0 Å². The lowest BCUT2D eigenvalue weighted by Crippen LogP contribution is -2.30. The third-order valence-electron chi connectivity index (χ3n) is 2.61. The second-order valence-electron chi connectivity index (χ2n) is 4.02. The number of oxime groups is 1. The normalized spacial score (nSPS) is 11.9. The third-order valence-corrected chi connectivity index (χ3v) is 2.61. The van der Waals surface area contributed by atoms with Crippen molar-refractivity contribution < 1.29 is 5.21 Å². The molecule has 0 bridgehead atoms. The Morgan fingerprint density at radius 2 is 2.19 bits per heavy atom. The van der Waals surface area contributed by atoms with E-state index in [2.05, 4.69) is 24.0 Å². The zero-order chi connectivity index (χ0) is 12.3. The smallest absolute Gasteiger partial charge is 0.174 e. The summed E-state index contributed by atoms with van der Waals surface area (Å²) in [7, 11) is 1.93. The first-order valence-electron chi connectivity index (χ1n) is 5.15. The van der Waals surface area contributed by atoms with Gasteiger partial charge in [-0.3, -0.25) is 0 Å². The van der Waals surface area contributed by atoms with E-state index < -0.39 is 0 Å². The van der Waals surface area contributed by atoms with Crippen molar-refractivity contribution in [1.82, 2.24) is 4.98 Å². The summed E-state index contributed by atoms with van der Waals surface area (Å²) in [6.07, 6.45) is 1.72. The van der Waals surface area contributed by atoms with Crippen LogP contribution < -0.4 is 10.6 Å². The SMILES string of the molecule is Cc1ccnc(N(C)C(C)C)c1/C(N)=N/O. The zero-order valence-corrected chi connectivity index (χ0v) is 10.1. The molecule has 0 spiro atoms. The maximum absolute atomic E-state index is 8.77. The molecule has 0 atom stereocenters. The van der Waals surface area contributed by atoms with Gasteiger partial charge in [0.2, 0.25) is 0 Å². The Hall–Kier alpha value is -1.78. The van der Waals surface area contributed by atoms with Crippen LogP contribution in [0.25, 0.3) is 0 Å². The van der Waals surface area contributed by atoms with Gasteiger partial charge in [0.05, 0.1) is 5.56 Å². The molecular formula is C11H18N4O. The molecule has 0 fully saturated rings. The van der Waals surface area contributed by atoms with Crippen molar-refractivity contribution in [1.29, 1.82) is 0 Å². The van der Waals surface area contributed by atoms with Crippen molar-refractivity contribution in [2.24, 2.45) is 10.9 Å². The minimum Gasteiger partial charge on any atom is -0.409 e. The molecule has 0 amide bonds. The highest BCUT2D eigenvalue weighted by Gasteiger charge is 2.16. The molecule has 5 heteroatoms. The van der Waals surface area contributed by atoms with E-state index in [-0.39, 0.29) is 5.84 Å². The van der Waals surface area contributed by atoms with E-state index in [9.17, 15) is 0 Å². The van der Waals surface area contributed by atoms with Gasteiger partial charge in [0.1, 0.15) is 5.82 Å². The largest absolute Gasteiger partial charge is 0.409 e. The van der Waals surface area contributed by atoms with Crippen LogP contribution in [0.3, 0.4) is 0 Å². The number of rotatable bonds is 3. The second kappa shape index (κ2) is 4.83. The molecular weight excluding hydrogens is 204 g/mol. The Morgan fingerprint density at radius 3 is 2.69 bits per heavy atom. The Balaban J connectivity index is 3.34. The van der Waals surface area contributed by atoms with E-state index in [1.807, 2.05) is 24.9 Å². The predicted octanol–water partition coefficient (Wildman–Crippen LogP) is 1.33. The van der Waals surface area contributed by atoms with Crippen LogP contribution in [0.4, 0.5) is 5.82 Å². The van der Waals surface area contributed by atoms with Gasteiger partial charge in [-0.25, -0.2) is 4.98 Å². The summed E-state index contributed by atoms with van der Waals surface area (Å²) in [6.45, 7) is 6.02. The van der Waals surface area contributed by atoms with Crippen LogP contribution in [0.5, 0.6) is 0 Å². The molecule has 0 unspecified atom stereocenters. The number of hydrogen-bond donors (Lipinski definition) is 2. The van der Waals surface area contributed by atoms with Crippen molar-refractivity contribution in [3.63, 3.8) is 0 Å². The molecule has 5 nitrogen and oxygen atoms in total. The predicted molar refractivity (Wildman–Crippen MR) is 65.0 cm³/mol. The minimum atomic E-state index is 0.0908. The summed E-state index contributed by atoms with van der Waals surface area (Å²) in [5.41, 5.74) is 7.29. The number of nitrogens with two attached hydrogens (primary N) is 1. The van der Waals surface area contributed by atoms with E-state index in [4.69, 9.17) is 10.9 Å². The first-order chi connectivity index (χ1) is 7.49. The first kappa shape index (κ1) is 12.3. The number of anilines is 1. The van der Waals surface area contributed by atoms with Crippen LogP contribution in [0.2, 0.25) is 0 Å². The maximum Gasteiger partial charge on any atom is 0.174 e. The highest BCUT2D eigenvalue weighted by atomic mass is 16.4. The molecule has 16 heavy (non-hydrogen) atoms. The fraction of sp³-hybridized carbons (Fsp3) is 0.455. The number of aryl methyl sites for hydroxylation is 1. The molecule has 0 saturated carbocycles. The average Bonchev–Trinajstić information content (AvgIpc) is 2.26. The molecule has 0 saturated heterocycles. The van der Waals surface area contributed by atoms with E-state index in [0.717, 1.165) is 11.4 Å². The standard InChI is InChI=1S/C11H18N4O/c1-7(2)15(4)11-9(10(12)14-16)8(3)5-6-13-11/h5-7,16H,1-4H3,(H2,12,14). The summed E-state index contributed by atoms with van der Waals surface area (Å²) in [5, 5.41) is 11.8. The molecule has 0 aromatic carbocycles. The number of pyridine rings is 1. The summed E-state index contributed by atoms with van der Waals surface area (Å²) in [6, 6.07) is 2.13. The fourth-order valence-electron chi connectivity index (χ4n) is 1.42. The minimum absolute atomic E-state index is 0.0908. The third kappa shape index (κ3) is 2.24. The van der Waals surface area contributed by atoms with Gasteiger partial charge in [0.15, 0.2) is 5.84 Å². The Kier molecular flexibility index (Phi) is 3.71. The number of nitrogens with zero attached hydrogens (tertiary/aromatic N) is 3. The molecule has 0 aliphatic heterocycles. The molecule has 0 aliphatic carbocycles. The monoisotopic (exact) mass is 222 g/mol.